The average molecular weight is 431 g/mol. The summed E-state index contributed by atoms with van der Waals surface area (Å²) in [7, 11) is -3.08. The number of aromatic nitrogens is 2. The minimum atomic E-state index is -3.08. The fourth-order valence-corrected chi connectivity index (χ4v) is 5.98. The normalized spacial score (nSPS) is 23.3. The van der Waals surface area contributed by atoms with Gasteiger partial charge in [-0.2, -0.15) is 5.10 Å². The van der Waals surface area contributed by atoms with Gasteiger partial charge < -0.3 is 15.2 Å². The van der Waals surface area contributed by atoms with Crippen LogP contribution in [0.1, 0.15) is 42.0 Å². The monoisotopic (exact) mass is 430 g/mol. The topological polar surface area (TPSA) is 106 Å². The molecule has 0 saturated heterocycles. The van der Waals surface area contributed by atoms with E-state index in [9.17, 15) is 14.1 Å². The summed E-state index contributed by atoms with van der Waals surface area (Å²) >= 11 is 0. The summed E-state index contributed by atoms with van der Waals surface area (Å²) in [6.45, 7) is 1.91. The molecule has 0 fully saturated rings. The number of carbonyl (C=O) groups is 1. The Hall–Kier alpha value is -2.39. The molecule has 30 heavy (non-hydrogen) atoms. The zero-order valence-corrected chi connectivity index (χ0v) is 18.0. The molecule has 1 aromatic carbocycles. The second-order valence-corrected chi connectivity index (χ2v) is 11.0. The van der Waals surface area contributed by atoms with Gasteiger partial charge in [-0.3, -0.25) is 0 Å². The van der Waals surface area contributed by atoms with Crippen LogP contribution in [0.3, 0.4) is 0 Å². The molecule has 0 saturated carbocycles. The number of benzene rings is 1. The number of nitrogens with one attached hydrogen (secondary N) is 1. The summed E-state index contributed by atoms with van der Waals surface area (Å²) in [5, 5.41) is 16.7. The number of aliphatic hydroxyl groups excluding tert-OH is 1. The van der Waals surface area contributed by atoms with Crippen molar-refractivity contribution < 1.29 is 18.8 Å². The number of carbonyl (C=O) groups excluding carboxylic acids is 1. The fraction of sp³-hybridized carbons (Fsp3) is 0.524. The van der Waals surface area contributed by atoms with E-state index in [1.54, 1.807) is 11.6 Å². The van der Waals surface area contributed by atoms with Gasteiger partial charge in [0.15, 0.2) is 5.60 Å². The van der Waals surface area contributed by atoms with Crippen molar-refractivity contribution in [2.24, 2.45) is 4.36 Å². The number of fused-ring (bicyclic) bond motifs is 3. The van der Waals surface area contributed by atoms with Crippen LogP contribution in [-0.4, -0.2) is 43.6 Å². The van der Waals surface area contributed by atoms with Crippen molar-refractivity contribution in [2.75, 3.05) is 18.2 Å². The molecule has 2 unspecified atom stereocenters. The first-order valence-corrected chi connectivity index (χ1v) is 12.3. The predicted octanol–water partition coefficient (Wildman–Crippen LogP) is 2.69. The number of aliphatic hydroxyl groups is 1. The molecule has 2 N–H and O–H groups in total. The molecular formula is C21H26N4O4S. The van der Waals surface area contributed by atoms with Crippen molar-refractivity contribution in [3.63, 3.8) is 0 Å². The molecule has 2 aliphatic carbocycles. The second-order valence-electron chi connectivity index (χ2n) is 8.74. The third-order valence-corrected chi connectivity index (χ3v) is 7.90. The maximum atomic E-state index is 13.4. The number of urea groups is 1. The van der Waals surface area contributed by atoms with Gasteiger partial charge in [0.2, 0.25) is 5.88 Å². The van der Waals surface area contributed by atoms with Gasteiger partial charge in [-0.25, -0.2) is 13.7 Å². The number of nitrogens with zero attached hydrogens (tertiary/aromatic N) is 3. The Balaban J connectivity index is 1.47. The largest absolute Gasteiger partial charge is 0.466 e. The number of rotatable bonds is 3. The third kappa shape index (κ3) is 3.11. The molecule has 9 heteroatoms. The lowest BCUT2D eigenvalue weighted by atomic mass is 9.99. The average Bonchev–Trinajstić information content (AvgIpc) is 3.43. The zero-order chi connectivity index (χ0) is 21.1. The minimum Gasteiger partial charge on any atom is -0.466 e. The molecule has 1 aliphatic heterocycles. The second kappa shape index (κ2) is 6.81. The van der Waals surface area contributed by atoms with Gasteiger partial charge in [-0.1, -0.05) is 6.07 Å². The molecule has 2 amide bonds. The van der Waals surface area contributed by atoms with E-state index < -0.39 is 21.4 Å². The summed E-state index contributed by atoms with van der Waals surface area (Å²) < 4.78 is 24.7. The van der Waals surface area contributed by atoms with Gasteiger partial charge in [0.1, 0.15) is 4.90 Å². The number of ether oxygens (including phenoxy) is 1. The number of amides is 2. The van der Waals surface area contributed by atoms with Crippen LogP contribution in [0.25, 0.3) is 0 Å². The number of hydrogen-bond acceptors (Lipinski definition) is 5. The van der Waals surface area contributed by atoms with E-state index in [0.29, 0.717) is 12.4 Å². The van der Waals surface area contributed by atoms with Crippen molar-refractivity contribution in [1.29, 1.82) is 0 Å². The highest BCUT2D eigenvalue weighted by atomic mass is 32.2. The Morgan fingerprint density at radius 1 is 1.30 bits per heavy atom. The summed E-state index contributed by atoms with van der Waals surface area (Å²) in [5.41, 5.74) is 5.10. The van der Waals surface area contributed by atoms with Crippen molar-refractivity contribution in [3.05, 3.63) is 34.5 Å². The van der Waals surface area contributed by atoms with Crippen molar-refractivity contribution >= 4 is 21.4 Å². The van der Waals surface area contributed by atoms with Crippen LogP contribution < -0.4 is 10.1 Å². The van der Waals surface area contributed by atoms with Gasteiger partial charge in [-0.15, -0.1) is 4.36 Å². The molecule has 0 spiro atoms. The minimum absolute atomic E-state index is 0.192. The van der Waals surface area contributed by atoms with E-state index in [1.807, 2.05) is 0 Å². The van der Waals surface area contributed by atoms with E-state index in [-0.39, 0.29) is 11.5 Å². The standard InChI is InChI=1S/C21H26N4O4S/c1-21(12-26)11-25-19(29-21)17(10-22-25)30(2,28)24-20(27)23-18-15-7-3-5-13(15)9-14-6-4-8-16(14)18/h9-10,26H,3-8,11-12H2,1-2H3,(H,23,27). The molecule has 160 valence electrons. The highest BCUT2D eigenvalue weighted by Gasteiger charge is 2.38. The molecule has 3 aliphatic rings. The van der Waals surface area contributed by atoms with Crippen molar-refractivity contribution in [3.8, 4) is 5.88 Å². The van der Waals surface area contributed by atoms with Crippen LogP contribution in [0.2, 0.25) is 0 Å². The zero-order valence-electron chi connectivity index (χ0n) is 17.2. The summed E-state index contributed by atoms with van der Waals surface area (Å²) in [6.07, 6.45) is 9.01. The molecule has 8 nitrogen and oxygen atoms in total. The third-order valence-electron chi connectivity index (χ3n) is 6.29. The highest BCUT2D eigenvalue weighted by Crippen LogP contribution is 2.39. The van der Waals surface area contributed by atoms with Gasteiger partial charge >= 0.3 is 6.03 Å². The maximum absolute atomic E-state index is 13.4. The van der Waals surface area contributed by atoms with Gasteiger partial charge in [-0.05, 0) is 67.7 Å². The van der Waals surface area contributed by atoms with Crippen LogP contribution in [0.15, 0.2) is 21.5 Å². The molecule has 0 bridgehead atoms. The number of aryl methyl sites for hydroxylation is 2. The van der Waals surface area contributed by atoms with Crippen LogP contribution in [-0.2, 0) is 42.0 Å². The first-order chi connectivity index (χ1) is 14.3. The molecule has 2 atom stereocenters. The van der Waals surface area contributed by atoms with E-state index >= 15 is 0 Å². The first-order valence-electron chi connectivity index (χ1n) is 10.3. The lowest BCUT2D eigenvalue weighted by Gasteiger charge is -2.19. The number of anilines is 1. The van der Waals surface area contributed by atoms with Crippen LogP contribution in [0.4, 0.5) is 10.5 Å². The predicted molar refractivity (Wildman–Crippen MR) is 113 cm³/mol. The summed E-state index contributed by atoms with van der Waals surface area (Å²) in [5.74, 6) is 0.303. The Morgan fingerprint density at radius 2 is 1.97 bits per heavy atom. The van der Waals surface area contributed by atoms with Crippen LogP contribution in [0, 0.1) is 0 Å². The quantitative estimate of drug-likeness (QED) is 0.779. The Labute approximate surface area is 175 Å². The molecule has 5 rings (SSSR count). The summed E-state index contributed by atoms with van der Waals surface area (Å²) in [4.78, 5) is 13.1. The van der Waals surface area contributed by atoms with Crippen molar-refractivity contribution in [2.45, 2.75) is 62.5 Å². The Kier molecular flexibility index (Phi) is 4.44. The van der Waals surface area contributed by atoms with Crippen LogP contribution >= 0.6 is 0 Å². The summed E-state index contributed by atoms with van der Waals surface area (Å²) in [6, 6.07) is 1.69. The van der Waals surface area contributed by atoms with Crippen molar-refractivity contribution in [1.82, 2.24) is 9.78 Å². The SMILES string of the molecule is CC1(CO)Cn2ncc(S(C)(=O)=NC(=O)Nc3c4c(cc5c3CCC5)CCC4)c2O1. The molecule has 1 aromatic heterocycles. The van der Waals surface area contributed by atoms with E-state index in [1.165, 1.54) is 34.7 Å². The number of hydrogen-bond donors (Lipinski definition) is 2. The van der Waals surface area contributed by atoms with Crippen LogP contribution in [0.5, 0.6) is 5.88 Å². The lowest BCUT2D eigenvalue weighted by molar-refractivity contribution is 0.0399. The maximum Gasteiger partial charge on any atom is 0.353 e. The molecule has 0 radical (unpaired) electrons. The van der Waals surface area contributed by atoms with Gasteiger partial charge in [0.25, 0.3) is 0 Å². The Bertz CT molecular complexity index is 1150. The lowest BCUT2D eigenvalue weighted by Crippen LogP contribution is -2.35. The Morgan fingerprint density at radius 3 is 2.60 bits per heavy atom. The molecule has 2 heterocycles. The van der Waals surface area contributed by atoms with Gasteiger partial charge in [0.05, 0.1) is 29.1 Å². The first kappa shape index (κ1) is 19.6. The smallest absolute Gasteiger partial charge is 0.353 e. The fourth-order valence-electron chi connectivity index (χ4n) is 4.80. The van der Waals surface area contributed by atoms with Gasteiger partial charge in [0, 0.05) is 11.9 Å². The van der Waals surface area contributed by atoms with E-state index in [0.717, 1.165) is 44.2 Å². The highest BCUT2D eigenvalue weighted by molar-refractivity contribution is 7.93. The van der Waals surface area contributed by atoms with E-state index in [4.69, 9.17) is 4.74 Å². The molecule has 2 aromatic rings. The van der Waals surface area contributed by atoms with E-state index in [2.05, 4.69) is 20.8 Å². The molecular weight excluding hydrogens is 404 g/mol.